The molecule has 0 fully saturated rings. The third kappa shape index (κ3) is 5.49. The van der Waals surface area contributed by atoms with Gasteiger partial charge in [0.05, 0.1) is 38.1 Å². The molecule has 0 N–H and O–H groups in total. The molecule has 6 aromatic rings. The summed E-state index contributed by atoms with van der Waals surface area (Å²) in [5.74, 6) is -0.00985. The fourth-order valence-electron chi connectivity index (χ4n) is 5.16. The Morgan fingerprint density at radius 1 is 0.860 bits per heavy atom. The van der Waals surface area contributed by atoms with Gasteiger partial charge in [-0.1, -0.05) is 42.5 Å². The highest BCUT2D eigenvalue weighted by Crippen LogP contribution is 2.43. The summed E-state index contributed by atoms with van der Waals surface area (Å²) in [4.78, 5) is 13.7. The van der Waals surface area contributed by atoms with Gasteiger partial charge in [-0.15, -0.1) is 0 Å². The Balaban J connectivity index is 1.59. The van der Waals surface area contributed by atoms with Crippen LogP contribution in [-0.4, -0.2) is 40.1 Å². The molecule has 0 saturated carbocycles. The number of benzene rings is 4. The molecule has 0 aliphatic carbocycles. The highest BCUT2D eigenvalue weighted by Gasteiger charge is 2.28. The van der Waals surface area contributed by atoms with E-state index in [0.717, 1.165) is 33.9 Å². The summed E-state index contributed by atoms with van der Waals surface area (Å²) in [5.41, 5.74) is 5.43. The van der Waals surface area contributed by atoms with Crippen molar-refractivity contribution >= 4 is 39.6 Å². The van der Waals surface area contributed by atoms with Crippen molar-refractivity contribution in [3.8, 4) is 28.4 Å². The van der Waals surface area contributed by atoms with Gasteiger partial charge in [-0.25, -0.2) is 9.18 Å². The highest BCUT2D eigenvalue weighted by atomic mass is 32.1. The number of carbonyl (C=O) groups is 1. The molecular formula is C33H28FN3O5S. The summed E-state index contributed by atoms with van der Waals surface area (Å²) < 4.78 is 48.3. The average molecular weight is 598 g/mol. The average Bonchev–Trinajstić information content (AvgIpc) is 3.62. The van der Waals surface area contributed by atoms with Crippen LogP contribution in [0.15, 0.2) is 78.9 Å². The summed E-state index contributed by atoms with van der Waals surface area (Å²) >= 11 is 1.14. The molecule has 0 unspecified atom stereocenters. The first-order valence-corrected chi connectivity index (χ1v) is 14.4. The van der Waals surface area contributed by atoms with Gasteiger partial charge in [-0.3, -0.25) is 0 Å². The molecule has 0 amide bonds. The number of nitrogens with zero attached hydrogens (tertiary/aromatic N) is 3. The van der Waals surface area contributed by atoms with Crippen LogP contribution in [0, 0.1) is 5.82 Å². The van der Waals surface area contributed by atoms with Gasteiger partial charge in [0.2, 0.25) is 0 Å². The van der Waals surface area contributed by atoms with Crippen LogP contribution in [0.3, 0.4) is 0 Å². The number of aromatic nitrogens is 3. The van der Waals surface area contributed by atoms with Crippen LogP contribution in [0.4, 0.5) is 4.39 Å². The standard InChI is InChI=1S/C33H28FN3O5S/c1-4-41-33(38)32-31(22-11-13-28(39-2)24(34)15-22)23-16-29(40-3)30(42-19-20-8-6-5-7-9-20)17-27(23)37(32)18-21-10-12-25-26(14-21)36-43-35-25/h5-17H,4,18-19H2,1-3H3. The summed E-state index contributed by atoms with van der Waals surface area (Å²) in [5, 5.41) is 0.674. The van der Waals surface area contributed by atoms with Crippen molar-refractivity contribution in [2.45, 2.75) is 20.1 Å². The molecule has 218 valence electrons. The van der Waals surface area contributed by atoms with Crippen LogP contribution >= 0.6 is 11.7 Å². The van der Waals surface area contributed by atoms with Gasteiger partial charge in [0.1, 0.15) is 23.3 Å². The van der Waals surface area contributed by atoms with Gasteiger partial charge in [0, 0.05) is 23.6 Å². The third-order valence-corrected chi connectivity index (χ3v) is 7.71. The third-order valence-electron chi connectivity index (χ3n) is 7.15. The summed E-state index contributed by atoms with van der Waals surface area (Å²) in [7, 11) is 2.97. The molecule has 0 aliphatic rings. The maximum absolute atomic E-state index is 15.1. The molecular weight excluding hydrogens is 569 g/mol. The van der Waals surface area contributed by atoms with Crippen LogP contribution in [0.5, 0.6) is 17.2 Å². The minimum atomic E-state index is -0.549. The zero-order valence-corrected chi connectivity index (χ0v) is 24.6. The Morgan fingerprint density at radius 3 is 2.40 bits per heavy atom. The van der Waals surface area contributed by atoms with Gasteiger partial charge >= 0.3 is 5.97 Å². The van der Waals surface area contributed by atoms with Crippen LogP contribution in [0.1, 0.15) is 28.5 Å². The van der Waals surface area contributed by atoms with Crippen molar-refractivity contribution in [1.29, 1.82) is 0 Å². The number of esters is 1. The molecule has 43 heavy (non-hydrogen) atoms. The molecule has 0 atom stereocenters. The van der Waals surface area contributed by atoms with E-state index in [1.54, 1.807) is 26.2 Å². The van der Waals surface area contributed by atoms with E-state index >= 15 is 4.39 Å². The number of halogens is 1. The lowest BCUT2D eigenvalue weighted by atomic mass is 10.0. The smallest absolute Gasteiger partial charge is 0.355 e. The van der Waals surface area contributed by atoms with E-state index in [4.69, 9.17) is 18.9 Å². The van der Waals surface area contributed by atoms with E-state index in [1.165, 1.54) is 13.2 Å². The van der Waals surface area contributed by atoms with Gasteiger partial charge in [-0.05, 0) is 53.9 Å². The number of carbonyl (C=O) groups excluding carboxylic acids is 1. The molecule has 10 heteroatoms. The fourth-order valence-corrected chi connectivity index (χ4v) is 5.68. The Bertz CT molecular complexity index is 1940. The Labute approximate surface area is 251 Å². The lowest BCUT2D eigenvalue weighted by Crippen LogP contribution is -2.14. The molecule has 0 saturated heterocycles. The molecule has 0 bridgehead atoms. The summed E-state index contributed by atoms with van der Waals surface area (Å²) in [6.45, 7) is 2.54. The minimum Gasteiger partial charge on any atom is -0.494 e. The number of rotatable bonds is 10. The van der Waals surface area contributed by atoms with E-state index in [9.17, 15) is 4.79 Å². The number of ether oxygens (including phenoxy) is 4. The number of hydrogen-bond acceptors (Lipinski definition) is 8. The van der Waals surface area contributed by atoms with Gasteiger partial charge in [-0.2, -0.15) is 8.75 Å². The Kier molecular flexibility index (Phi) is 7.93. The van der Waals surface area contributed by atoms with Crippen molar-refractivity contribution in [2.75, 3.05) is 20.8 Å². The maximum Gasteiger partial charge on any atom is 0.355 e. The first kappa shape index (κ1) is 28.2. The second-order valence-electron chi connectivity index (χ2n) is 9.76. The molecule has 4 aromatic carbocycles. The maximum atomic E-state index is 15.1. The lowest BCUT2D eigenvalue weighted by Gasteiger charge is -2.14. The number of fused-ring (bicyclic) bond motifs is 2. The van der Waals surface area contributed by atoms with E-state index in [2.05, 4.69) is 8.75 Å². The normalized spacial score (nSPS) is 11.2. The second kappa shape index (κ2) is 12.1. The molecule has 2 heterocycles. The van der Waals surface area contributed by atoms with Crippen LogP contribution in [0.25, 0.3) is 33.1 Å². The lowest BCUT2D eigenvalue weighted by molar-refractivity contribution is 0.0516. The molecule has 8 nitrogen and oxygen atoms in total. The largest absolute Gasteiger partial charge is 0.494 e. The highest BCUT2D eigenvalue weighted by molar-refractivity contribution is 7.00. The zero-order chi connectivity index (χ0) is 29.9. The predicted octanol–water partition coefficient (Wildman–Crippen LogP) is 7.27. The predicted molar refractivity (Wildman–Crippen MR) is 164 cm³/mol. The molecule has 0 radical (unpaired) electrons. The molecule has 2 aromatic heterocycles. The number of hydrogen-bond donors (Lipinski definition) is 0. The molecule has 0 spiro atoms. The quantitative estimate of drug-likeness (QED) is 0.154. The van der Waals surface area contributed by atoms with Crippen molar-refractivity contribution in [3.05, 3.63) is 102 Å². The zero-order valence-electron chi connectivity index (χ0n) is 23.8. The SMILES string of the molecule is CCOC(=O)c1c(-c2ccc(OC)c(F)c2)c2cc(OC)c(OCc3ccccc3)cc2n1Cc1ccc2nsnc2c1. The summed E-state index contributed by atoms with van der Waals surface area (Å²) in [6.07, 6.45) is 0. The van der Waals surface area contributed by atoms with E-state index in [1.807, 2.05) is 65.2 Å². The molecule has 6 rings (SSSR count). The van der Waals surface area contributed by atoms with Gasteiger partial charge in [0.15, 0.2) is 23.1 Å². The van der Waals surface area contributed by atoms with Crippen molar-refractivity contribution < 1.29 is 28.1 Å². The van der Waals surface area contributed by atoms with Gasteiger partial charge < -0.3 is 23.5 Å². The Morgan fingerprint density at radius 2 is 1.65 bits per heavy atom. The monoisotopic (exact) mass is 597 g/mol. The molecule has 0 aliphatic heterocycles. The fraction of sp³-hybridized carbons (Fsp3) is 0.182. The van der Waals surface area contributed by atoms with Crippen LogP contribution in [0.2, 0.25) is 0 Å². The Hall–Kier alpha value is -4.96. The topological polar surface area (TPSA) is 84.7 Å². The first-order valence-electron chi connectivity index (χ1n) is 13.6. The van der Waals surface area contributed by atoms with E-state index in [0.29, 0.717) is 46.7 Å². The van der Waals surface area contributed by atoms with Crippen molar-refractivity contribution in [3.63, 3.8) is 0 Å². The first-order chi connectivity index (χ1) is 21.0. The van der Waals surface area contributed by atoms with Gasteiger partial charge in [0.25, 0.3) is 0 Å². The van der Waals surface area contributed by atoms with E-state index < -0.39 is 11.8 Å². The summed E-state index contributed by atoms with van der Waals surface area (Å²) in [6, 6.07) is 23.9. The number of methoxy groups -OCH3 is 2. The second-order valence-corrected chi connectivity index (χ2v) is 10.3. The minimum absolute atomic E-state index is 0.101. The van der Waals surface area contributed by atoms with E-state index in [-0.39, 0.29) is 18.1 Å². The van der Waals surface area contributed by atoms with Crippen molar-refractivity contribution in [1.82, 2.24) is 13.3 Å². The van der Waals surface area contributed by atoms with Crippen molar-refractivity contribution in [2.24, 2.45) is 0 Å². The van der Waals surface area contributed by atoms with Crippen LogP contribution in [-0.2, 0) is 17.9 Å². The van der Waals surface area contributed by atoms with Crippen LogP contribution < -0.4 is 14.2 Å².